The first-order valence-corrected chi connectivity index (χ1v) is 4.09. The highest BCUT2D eigenvalue weighted by Gasteiger charge is 2.05. The summed E-state index contributed by atoms with van der Waals surface area (Å²) in [7, 11) is 1.89. The number of carbonyl (C=O) groups excluding carboxylic acids is 1. The third-order valence-electron chi connectivity index (χ3n) is 2.11. The van der Waals surface area contributed by atoms with Crippen molar-refractivity contribution in [2.75, 3.05) is 0 Å². The van der Waals surface area contributed by atoms with Gasteiger partial charge in [0, 0.05) is 30.4 Å². The highest BCUT2D eigenvalue weighted by Crippen LogP contribution is 2.17. The molecular weight excluding hydrogens is 164 g/mol. The number of hydrogen-bond acceptors (Lipinski definition) is 2. The van der Waals surface area contributed by atoms with Crippen LogP contribution in [0.1, 0.15) is 15.9 Å². The first-order chi connectivity index (χ1) is 6.22. The molecule has 0 aromatic carbocycles. The molecule has 0 bridgehead atoms. The Labute approximate surface area is 76.0 Å². The van der Waals surface area contributed by atoms with Crippen molar-refractivity contribution in [1.29, 1.82) is 0 Å². The standard InChI is InChI=1S/C10H10N2O/c1-7-3-9-8(6-13)5-12(2)10(9)11-4-7/h3-6H,1-2H3. The second kappa shape index (κ2) is 2.69. The van der Waals surface area contributed by atoms with E-state index in [1.54, 1.807) is 12.4 Å². The summed E-state index contributed by atoms with van der Waals surface area (Å²) in [6.45, 7) is 1.97. The quantitative estimate of drug-likeness (QED) is 0.617. The molecule has 3 nitrogen and oxygen atoms in total. The number of rotatable bonds is 1. The van der Waals surface area contributed by atoms with Crippen molar-refractivity contribution in [2.24, 2.45) is 7.05 Å². The Bertz CT molecular complexity index is 471. The predicted molar refractivity (Wildman–Crippen MR) is 50.8 cm³/mol. The van der Waals surface area contributed by atoms with E-state index in [1.165, 1.54) is 0 Å². The van der Waals surface area contributed by atoms with Crippen molar-refractivity contribution in [1.82, 2.24) is 9.55 Å². The maximum atomic E-state index is 10.7. The number of fused-ring (bicyclic) bond motifs is 1. The Morgan fingerprint density at radius 2 is 2.31 bits per heavy atom. The van der Waals surface area contributed by atoms with Gasteiger partial charge in [-0.05, 0) is 18.6 Å². The van der Waals surface area contributed by atoms with Crippen LogP contribution in [0.4, 0.5) is 0 Å². The third-order valence-corrected chi connectivity index (χ3v) is 2.11. The molecule has 2 heterocycles. The SMILES string of the molecule is Cc1cnc2c(c1)c(C=O)cn2C. The number of aromatic nitrogens is 2. The van der Waals surface area contributed by atoms with Crippen molar-refractivity contribution < 1.29 is 4.79 Å². The molecule has 0 aliphatic rings. The minimum Gasteiger partial charge on any atom is -0.335 e. The summed E-state index contributed by atoms with van der Waals surface area (Å²) in [6.07, 6.45) is 4.46. The Morgan fingerprint density at radius 1 is 1.54 bits per heavy atom. The van der Waals surface area contributed by atoms with Crippen LogP contribution in [0.5, 0.6) is 0 Å². The molecule has 0 saturated heterocycles. The molecule has 0 atom stereocenters. The van der Waals surface area contributed by atoms with Crippen molar-refractivity contribution in [3.63, 3.8) is 0 Å². The Morgan fingerprint density at radius 3 is 3.00 bits per heavy atom. The molecule has 0 radical (unpaired) electrons. The fraction of sp³-hybridized carbons (Fsp3) is 0.200. The van der Waals surface area contributed by atoms with Crippen molar-refractivity contribution in [2.45, 2.75) is 6.92 Å². The van der Waals surface area contributed by atoms with E-state index >= 15 is 0 Å². The molecule has 0 aliphatic heterocycles. The number of pyridine rings is 1. The van der Waals surface area contributed by atoms with Gasteiger partial charge in [0.25, 0.3) is 0 Å². The summed E-state index contributed by atoms with van der Waals surface area (Å²) in [4.78, 5) is 15.0. The van der Waals surface area contributed by atoms with Crippen LogP contribution in [0.2, 0.25) is 0 Å². The van der Waals surface area contributed by atoms with Gasteiger partial charge in [-0.15, -0.1) is 0 Å². The summed E-state index contributed by atoms with van der Waals surface area (Å²) >= 11 is 0. The Hall–Kier alpha value is -1.64. The molecule has 2 rings (SSSR count). The fourth-order valence-electron chi connectivity index (χ4n) is 1.49. The van der Waals surface area contributed by atoms with Crippen molar-refractivity contribution in [3.8, 4) is 0 Å². The van der Waals surface area contributed by atoms with Crippen LogP contribution >= 0.6 is 0 Å². The second-order valence-electron chi connectivity index (χ2n) is 3.20. The van der Waals surface area contributed by atoms with Gasteiger partial charge in [-0.1, -0.05) is 0 Å². The molecule has 66 valence electrons. The topological polar surface area (TPSA) is 34.9 Å². The molecule has 0 spiro atoms. The van der Waals surface area contributed by atoms with E-state index in [1.807, 2.05) is 24.6 Å². The zero-order chi connectivity index (χ0) is 9.42. The number of aryl methyl sites for hydroxylation is 2. The van der Waals surface area contributed by atoms with Gasteiger partial charge in [-0.25, -0.2) is 4.98 Å². The zero-order valence-electron chi connectivity index (χ0n) is 7.61. The van der Waals surface area contributed by atoms with E-state index in [0.29, 0.717) is 5.56 Å². The lowest BCUT2D eigenvalue weighted by Crippen LogP contribution is -1.87. The molecular formula is C10H10N2O. The summed E-state index contributed by atoms with van der Waals surface area (Å²) in [6, 6.07) is 1.98. The highest BCUT2D eigenvalue weighted by molar-refractivity contribution is 5.96. The molecule has 0 amide bonds. The zero-order valence-corrected chi connectivity index (χ0v) is 7.61. The minimum atomic E-state index is 0.703. The van der Waals surface area contributed by atoms with Crippen LogP contribution in [-0.4, -0.2) is 15.8 Å². The van der Waals surface area contributed by atoms with E-state index in [9.17, 15) is 4.79 Å². The monoisotopic (exact) mass is 174 g/mol. The van der Waals surface area contributed by atoms with E-state index in [-0.39, 0.29) is 0 Å². The number of carbonyl (C=O) groups is 1. The fourth-order valence-corrected chi connectivity index (χ4v) is 1.49. The molecule has 0 aliphatic carbocycles. The van der Waals surface area contributed by atoms with E-state index in [4.69, 9.17) is 0 Å². The molecule has 3 heteroatoms. The van der Waals surface area contributed by atoms with Gasteiger partial charge >= 0.3 is 0 Å². The minimum absolute atomic E-state index is 0.703. The van der Waals surface area contributed by atoms with Crippen LogP contribution in [0, 0.1) is 6.92 Å². The van der Waals surface area contributed by atoms with Gasteiger partial charge in [0.2, 0.25) is 0 Å². The normalized spacial score (nSPS) is 10.6. The number of nitrogens with zero attached hydrogens (tertiary/aromatic N) is 2. The Balaban J connectivity index is 2.89. The lowest BCUT2D eigenvalue weighted by atomic mass is 10.2. The highest BCUT2D eigenvalue weighted by atomic mass is 16.1. The maximum absolute atomic E-state index is 10.7. The predicted octanol–water partition coefficient (Wildman–Crippen LogP) is 1.69. The third kappa shape index (κ3) is 1.13. The second-order valence-corrected chi connectivity index (χ2v) is 3.20. The smallest absolute Gasteiger partial charge is 0.152 e. The average molecular weight is 174 g/mol. The summed E-state index contributed by atoms with van der Waals surface area (Å²) in [5, 5.41) is 0.928. The average Bonchev–Trinajstić information content (AvgIpc) is 2.42. The van der Waals surface area contributed by atoms with Crippen molar-refractivity contribution >= 4 is 17.3 Å². The molecule has 0 unspecified atom stereocenters. The van der Waals surface area contributed by atoms with Crippen LogP contribution in [0.3, 0.4) is 0 Å². The number of aldehydes is 1. The molecule has 0 saturated carbocycles. The maximum Gasteiger partial charge on any atom is 0.152 e. The Kier molecular flexibility index (Phi) is 1.65. The molecule has 2 aromatic heterocycles. The first-order valence-electron chi connectivity index (χ1n) is 4.09. The van der Waals surface area contributed by atoms with Crippen LogP contribution < -0.4 is 0 Å². The van der Waals surface area contributed by atoms with Gasteiger partial charge in [-0.3, -0.25) is 4.79 Å². The van der Waals surface area contributed by atoms with Gasteiger partial charge < -0.3 is 4.57 Å². The molecule has 0 N–H and O–H groups in total. The van der Waals surface area contributed by atoms with Gasteiger partial charge in [0.1, 0.15) is 5.65 Å². The van der Waals surface area contributed by atoms with Crippen LogP contribution in [0.25, 0.3) is 11.0 Å². The van der Waals surface area contributed by atoms with Crippen LogP contribution in [0.15, 0.2) is 18.5 Å². The van der Waals surface area contributed by atoms with E-state index in [2.05, 4.69) is 4.98 Å². The van der Waals surface area contributed by atoms with Crippen LogP contribution in [-0.2, 0) is 7.05 Å². The van der Waals surface area contributed by atoms with Gasteiger partial charge in [-0.2, -0.15) is 0 Å². The largest absolute Gasteiger partial charge is 0.335 e. The number of hydrogen-bond donors (Lipinski definition) is 0. The summed E-state index contributed by atoms with van der Waals surface area (Å²) < 4.78 is 1.86. The molecule has 2 aromatic rings. The van der Waals surface area contributed by atoms with E-state index in [0.717, 1.165) is 22.9 Å². The van der Waals surface area contributed by atoms with Crippen molar-refractivity contribution in [3.05, 3.63) is 29.6 Å². The van der Waals surface area contributed by atoms with Gasteiger partial charge in [0.05, 0.1) is 0 Å². The first kappa shape index (κ1) is 7.98. The van der Waals surface area contributed by atoms with Gasteiger partial charge in [0.15, 0.2) is 6.29 Å². The van der Waals surface area contributed by atoms with E-state index < -0.39 is 0 Å². The molecule has 0 fully saturated rings. The lowest BCUT2D eigenvalue weighted by molar-refractivity contribution is 0.112. The summed E-state index contributed by atoms with van der Waals surface area (Å²) in [5.41, 5.74) is 2.63. The lowest BCUT2D eigenvalue weighted by Gasteiger charge is -1.95. The summed E-state index contributed by atoms with van der Waals surface area (Å²) in [5.74, 6) is 0. The molecule has 13 heavy (non-hydrogen) atoms.